The topological polar surface area (TPSA) is 29.9 Å². The second-order valence-corrected chi connectivity index (χ2v) is 4.93. The normalized spacial score (nSPS) is 12.9. The minimum atomic E-state index is 0.190. The van der Waals surface area contributed by atoms with Gasteiger partial charge in [-0.15, -0.1) is 0 Å². The molecule has 2 rings (SSSR count). The fraction of sp³-hybridized carbons (Fsp3) is 0.400. The zero-order valence-corrected chi connectivity index (χ0v) is 11.5. The Morgan fingerprint density at radius 1 is 1.11 bits per heavy atom. The molecular weight excluding hydrogens is 222 g/mol. The first kappa shape index (κ1) is 12.8. The molecule has 1 aromatic carbocycles. The molecule has 1 unspecified atom stereocenters. The molecule has 3 heteroatoms. The fourth-order valence-electron chi connectivity index (χ4n) is 2.23. The van der Waals surface area contributed by atoms with Crippen molar-refractivity contribution >= 4 is 0 Å². The van der Waals surface area contributed by atoms with Gasteiger partial charge in [-0.25, -0.2) is 0 Å². The summed E-state index contributed by atoms with van der Waals surface area (Å²) < 4.78 is 2.07. The van der Waals surface area contributed by atoms with Crippen LogP contribution in [-0.4, -0.2) is 16.8 Å². The Labute approximate surface area is 109 Å². The van der Waals surface area contributed by atoms with E-state index in [1.165, 1.54) is 16.8 Å². The maximum Gasteiger partial charge on any atom is 0.0745 e. The van der Waals surface area contributed by atoms with Gasteiger partial charge < -0.3 is 5.32 Å². The van der Waals surface area contributed by atoms with Crippen LogP contribution in [0.25, 0.3) is 0 Å². The van der Waals surface area contributed by atoms with Crippen LogP contribution >= 0.6 is 0 Å². The van der Waals surface area contributed by atoms with Gasteiger partial charge in [-0.2, -0.15) is 5.10 Å². The molecule has 0 aliphatic rings. The number of aryl methyl sites for hydroxylation is 1. The Morgan fingerprint density at radius 3 is 2.33 bits per heavy atom. The maximum atomic E-state index is 4.40. The van der Waals surface area contributed by atoms with Crippen molar-refractivity contribution in [1.29, 1.82) is 0 Å². The first-order valence-electron chi connectivity index (χ1n) is 6.40. The van der Waals surface area contributed by atoms with Gasteiger partial charge >= 0.3 is 0 Å². The zero-order valence-electron chi connectivity index (χ0n) is 11.5. The molecule has 18 heavy (non-hydrogen) atoms. The quantitative estimate of drug-likeness (QED) is 0.894. The summed E-state index contributed by atoms with van der Waals surface area (Å²) in [6.07, 6.45) is 1.87. The van der Waals surface area contributed by atoms with Crippen molar-refractivity contribution in [2.45, 2.75) is 32.9 Å². The van der Waals surface area contributed by atoms with Crippen LogP contribution in [0.15, 0.2) is 36.5 Å². The van der Waals surface area contributed by atoms with Gasteiger partial charge in [-0.05, 0) is 39.4 Å². The number of nitrogens with zero attached hydrogens (tertiary/aromatic N) is 2. The first-order chi connectivity index (χ1) is 8.63. The van der Waals surface area contributed by atoms with Crippen LogP contribution in [0.1, 0.15) is 42.8 Å². The van der Waals surface area contributed by atoms with Crippen LogP contribution in [0.3, 0.4) is 0 Å². The molecule has 1 aromatic heterocycles. The highest BCUT2D eigenvalue weighted by molar-refractivity contribution is 5.30. The summed E-state index contributed by atoms with van der Waals surface area (Å²) in [5, 5.41) is 7.78. The molecule has 0 aliphatic heterocycles. The van der Waals surface area contributed by atoms with E-state index in [0.29, 0.717) is 6.04 Å². The van der Waals surface area contributed by atoms with Crippen LogP contribution in [0.2, 0.25) is 0 Å². The Kier molecular flexibility index (Phi) is 3.82. The lowest BCUT2D eigenvalue weighted by molar-refractivity contribution is 0.484. The van der Waals surface area contributed by atoms with Gasteiger partial charge in [0.2, 0.25) is 0 Å². The number of aromatic nitrogens is 2. The van der Waals surface area contributed by atoms with Gasteiger partial charge in [0, 0.05) is 12.2 Å². The minimum absolute atomic E-state index is 0.190. The average Bonchev–Trinajstić information content (AvgIpc) is 2.82. The van der Waals surface area contributed by atoms with Crippen LogP contribution < -0.4 is 5.32 Å². The molecule has 0 fully saturated rings. The first-order valence-corrected chi connectivity index (χ1v) is 6.40. The third-order valence-corrected chi connectivity index (χ3v) is 3.19. The third-order valence-electron chi connectivity index (χ3n) is 3.19. The summed E-state index contributed by atoms with van der Waals surface area (Å²) in [6.45, 7) is 6.41. The second-order valence-electron chi connectivity index (χ2n) is 4.93. The van der Waals surface area contributed by atoms with Gasteiger partial charge in [0.15, 0.2) is 0 Å². The van der Waals surface area contributed by atoms with E-state index in [0.717, 1.165) is 0 Å². The van der Waals surface area contributed by atoms with Crippen molar-refractivity contribution in [3.63, 3.8) is 0 Å². The lowest BCUT2D eigenvalue weighted by Crippen LogP contribution is -2.22. The van der Waals surface area contributed by atoms with Crippen LogP contribution in [-0.2, 0) is 0 Å². The van der Waals surface area contributed by atoms with Crippen molar-refractivity contribution in [1.82, 2.24) is 15.1 Å². The molecule has 0 saturated heterocycles. The highest BCUT2D eigenvalue weighted by atomic mass is 15.3. The summed E-state index contributed by atoms with van der Waals surface area (Å²) in [6, 6.07) is 11.3. The Bertz CT molecular complexity index is 497. The average molecular weight is 243 g/mol. The van der Waals surface area contributed by atoms with E-state index >= 15 is 0 Å². The summed E-state index contributed by atoms with van der Waals surface area (Å²) in [4.78, 5) is 0. The van der Waals surface area contributed by atoms with Crippen LogP contribution in [0.5, 0.6) is 0 Å². The highest BCUT2D eigenvalue weighted by Gasteiger charge is 2.17. The van der Waals surface area contributed by atoms with Crippen LogP contribution in [0.4, 0.5) is 0 Å². The highest BCUT2D eigenvalue weighted by Crippen LogP contribution is 2.23. The molecular formula is C15H21N3. The van der Waals surface area contributed by atoms with Crippen molar-refractivity contribution in [2.75, 3.05) is 7.05 Å². The van der Waals surface area contributed by atoms with Gasteiger partial charge in [-0.3, -0.25) is 4.68 Å². The fourth-order valence-corrected chi connectivity index (χ4v) is 2.23. The minimum Gasteiger partial charge on any atom is -0.308 e. The number of hydrogen-bond acceptors (Lipinski definition) is 2. The Balaban J connectivity index is 2.39. The predicted octanol–water partition coefficient (Wildman–Crippen LogP) is 3.08. The monoisotopic (exact) mass is 243 g/mol. The van der Waals surface area contributed by atoms with Gasteiger partial charge in [0.05, 0.1) is 11.7 Å². The molecule has 3 nitrogen and oxygen atoms in total. The molecule has 1 heterocycles. The van der Waals surface area contributed by atoms with E-state index < -0.39 is 0 Å². The van der Waals surface area contributed by atoms with Crippen molar-refractivity contribution < 1.29 is 0 Å². The largest absolute Gasteiger partial charge is 0.308 e. The molecule has 1 atom stereocenters. The number of hydrogen-bond donors (Lipinski definition) is 1. The smallest absolute Gasteiger partial charge is 0.0745 e. The molecule has 2 aromatic rings. The van der Waals surface area contributed by atoms with E-state index in [1.807, 2.05) is 13.2 Å². The molecule has 0 spiro atoms. The van der Waals surface area contributed by atoms with Gasteiger partial charge in [-0.1, -0.05) is 29.8 Å². The predicted molar refractivity (Wildman–Crippen MR) is 74.7 cm³/mol. The number of benzene rings is 1. The number of rotatable bonds is 4. The third kappa shape index (κ3) is 2.46. The lowest BCUT2D eigenvalue weighted by Gasteiger charge is -2.20. The Hall–Kier alpha value is -1.61. The summed E-state index contributed by atoms with van der Waals surface area (Å²) in [5.74, 6) is 0. The van der Waals surface area contributed by atoms with E-state index in [1.54, 1.807) is 0 Å². The molecule has 0 aliphatic carbocycles. The molecule has 0 saturated carbocycles. The van der Waals surface area contributed by atoms with E-state index in [9.17, 15) is 0 Å². The van der Waals surface area contributed by atoms with Gasteiger partial charge in [0.25, 0.3) is 0 Å². The van der Waals surface area contributed by atoms with Crippen LogP contribution in [0, 0.1) is 6.92 Å². The van der Waals surface area contributed by atoms with E-state index in [4.69, 9.17) is 0 Å². The maximum absolute atomic E-state index is 4.40. The van der Waals surface area contributed by atoms with Crippen molar-refractivity contribution in [3.05, 3.63) is 53.3 Å². The lowest BCUT2D eigenvalue weighted by atomic mass is 10.0. The molecule has 1 N–H and O–H groups in total. The van der Waals surface area contributed by atoms with Crippen molar-refractivity contribution in [2.24, 2.45) is 0 Å². The standard InChI is InChI=1S/C15H21N3/c1-11(2)18-14(9-10-17-18)15(16-4)13-7-5-12(3)6-8-13/h5-11,15-16H,1-4H3. The van der Waals surface area contributed by atoms with Crippen molar-refractivity contribution in [3.8, 4) is 0 Å². The molecule has 0 bridgehead atoms. The molecule has 96 valence electrons. The summed E-state index contributed by atoms with van der Waals surface area (Å²) in [5.41, 5.74) is 3.76. The molecule has 0 amide bonds. The van der Waals surface area contributed by atoms with Gasteiger partial charge in [0.1, 0.15) is 0 Å². The summed E-state index contributed by atoms with van der Waals surface area (Å²) >= 11 is 0. The second kappa shape index (κ2) is 5.36. The number of nitrogens with one attached hydrogen (secondary N) is 1. The van der Waals surface area contributed by atoms with E-state index in [-0.39, 0.29) is 6.04 Å². The SMILES string of the molecule is CNC(c1ccc(C)cc1)c1ccnn1C(C)C. The molecule has 0 radical (unpaired) electrons. The zero-order chi connectivity index (χ0) is 13.1. The Morgan fingerprint density at radius 2 is 1.78 bits per heavy atom. The van der Waals surface area contributed by atoms with E-state index in [2.05, 4.69) is 66.2 Å². The summed E-state index contributed by atoms with van der Waals surface area (Å²) in [7, 11) is 1.99.